The fourth-order valence-corrected chi connectivity index (χ4v) is 2.09. The molecule has 0 aliphatic carbocycles. The molecule has 1 rings (SSSR count). The first kappa shape index (κ1) is 11.3. The Bertz CT molecular complexity index is 136. The van der Waals surface area contributed by atoms with Crippen LogP contribution in [0.25, 0.3) is 0 Å². The zero-order valence-electron chi connectivity index (χ0n) is 8.84. The minimum absolute atomic E-state index is 0.0589. The van der Waals surface area contributed by atoms with Crippen LogP contribution in [-0.4, -0.2) is 30.0 Å². The molecule has 3 heteroatoms. The zero-order valence-corrected chi connectivity index (χ0v) is 9.65. The van der Waals surface area contributed by atoms with Gasteiger partial charge in [-0.05, 0) is 12.2 Å². The molecular formula is C10H20O2S. The van der Waals surface area contributed by atoms with Gasteiger partial charge in [0.1, 0.15) is 0 Å². The van der Waals surface area contributed by atoms with Crippen molar-refractivity contribution >= 4 is 11.8 Å². The molecule has 0 aromatic rings. The average Bonchev–Trinajstić information content (AvgIpc) is 2.04. The van der Waals surface area contributed by atoms with Gasteiger partial charge < -0.3 is 9.47 Å². The van der Waals surface area contributed by atoms with Crippen LogP contribution in [0.15, 0.2) is 0 Å². The van der Waals surface area contributed by atoms with E-state index in [4.69, 9.17) is 9.47 Å². The van der Waals surface area contributed by atoms with Crippen LogP contribution >= 0.6 is 11.8 Å². The molecule has 1 fully saturated rings. The molecule has 78 valence electrons. The predicted octanol–water partition coefficient (Wildman–Crippen LogP) is 2.67. The second-order valence-corrected chi connectivity index (χ2v) is 6.20. The summed E-state index contributed by atoms with van der Waals surface area (Å²) in [6.45, 7) is 8.44. The molecule has 1 aliphatic rings. The van der Waals surface area contributed by atoms with E-state index in [2.05, 4.69) is 20.8 Å². The van der Waals surface area contributed by atoms with E-state index in [0.29, 0.717) is 4.75 Å². The van der Waals surface area contributed by atoms with Gasteiger partial charge >= 0.3 is 0 Å². The van der Waals surface area contributed by atoms with E-state index >= 15 is 0 Å². The number of rotatable bonds is 3. The number of thioether (sulfide) groups is 1. The predicted molar refractivity (Wildman–Crippen MR) is 57.1 cm³/mol. The van der Waals surface area contributed by atoms with Crippen LogP contribution in [-0.2, 0) is 9.47 Å². The van der Waals surface area contributed by atoms with Gasteiger partial charge in [0.2, 0.25) is 0 Å². The lowest BCUT2D eigenvalue weighted by molar-refractivity contribution is -0.178. The molecule has 13 heavy (non-hydrogen) atoms. The molecule has 0 aromatic carbocycles. The fraction of sp³-hybridized carbons (Fsp3) is 1.00. The molecule has 1 aliphatic heterocycles. The van der Waals surface area contributed by atoms with Crippen molar-refractivity contribution in [2.45, 2.75) is 44.6 Å². The molecular weight excluding hydrogens is 184 g/mol. The summed E-state index contributed by atoms with van der Waals surface area (Å²) in [7, 11) is 0. The Hall–Kier alpha value is 0.270. The van der Waals surface area contributed by atoms with E-state index in [-0.39, 0.29) is 6.29 Å². The molecule has 0 spiro atoms. The summed E-state index contributed by atoms with van der Waals surface area (Å²) in [4.78, 5) is 0. The van der Waals surface area contributed by atoms with Crippen molar-refractivity contribution in [3.63, 3.8) is 0 Å². The maximum Gasteiger partial charge on any atom is 0.158 e. The van der Waals surface area contributed by atoms with E-state index in [1.54, 1.807) is 0 Å². The van der Waals surface area contributed by atoms with Crippen molar-refractivity contribution in [2.24, 2.45) is 0 Å². The Morgan fingerprint density at radius 2 is 1.85 bits per heavy atom. The summed E-state index contributed by atoms with van der Waals surface area (Å²) >= 11 is 1.97. The Labute approximate surface area is 85.4 Å². The molecule has 0 saturated carbocycles. The lowest BCUT2D eigenvalue weighted by Gasteiger charge is -2.24. The molecule has 1 saturated heterocycles. The smallest absolute Gasteiger partial charge is 0.158 e. The first-order valence-electron chi connectivity index (χ1n) is 4.95. The topological polar surface area (TPSA) is 18.5 Å². The molecule has 0 radical (unpaired) electrons. The van der Waals surface area contributed by atoms with Gasteiger partial charge in [0.05, 0.1) is 13.2 Å². The minimum atomic E-state index is 0.0589. The van der Waals surface area contributed by atoms with Crippen LogP contribution in [0, 0.1) is 0 Å². The Balaban J connectivity index is 2.04. The Morgan fingerprint density at radius 3 is 2.38 bits per heavy atom. The second-order valence-electron chi connectivity index (χ2n) is 4.27. The highest BCUT2D eigenvalue weighted by Crippen LogP contribution is 2.25. The summed E-state index contributed by atoms with van der Waals surface area (Å²) in [6.07, 6.45) is 2.12. The van der Waals surface area contributed by atoms with Crippen molar-refractivity contribution in [1.82, 2.24) is 0 Å². The Kier molecular flexibility index (Phi) is 4.56. The highest BCUT2D eigenvalue weighted by Gasteiger charge is 2.16. The Morgan fingerprint density at radius 1 is 1.23 bits per heavy atom. The van der Waals surface area contributed by atoms with E-state index in [0.717, 1.165) is 31.8 Å². The van der Waals surface area contributed by atoms with E-state index < -0.39 is 0 Å². The first-order valence-corrected chi connectivity index (χ1v) is 5.94. The van der Waals surface area contributed by atoms with Crippen LogP contribution < -0.4 is 0 Å². The summed E-state index contributed by atoms with van der Waals surface area (Å²) in [5.41, 5.74) is 0. The SMILES string of the molecule is CC(C)(C)SCCC1OCCCO1. The molecule has 0 bridgehead atoms. The van der Waals surface area contributed by atoms with Crippen LogP contribution in [0.3, 0.4) is 0 Å². The van der Waals surface area contributed by atoms with Crippen molar-refractivity contribution in [2.75, 3.05) is 19.0 Å². The maximum absolute atomic E-state index is 5.46. The fourth-order valence-electron chi connectivity index (χ4n) is 1.16. The maximum atomic E-state index is 5.46. The van der Waals surface area contributed by atoms with Gasteiger partial charge in [-0.15, -0.1) is 0 Å². The van der Waals surface area contributed by atoms with Crippen LogP contribution in [0.4, 0.5) is 0 Å². The largest absolute Gasteiger partial charge is 0.353 e. The molecule has 0 amide bonds. The van der Waals surface area contributed by atoms with Crippen LogP contribution in [0.1, 0.15) is 33.6 Å². The number of hydrogen-bond donors (Lipinski definition) is 0. The van der Waals surface area contributed by atoms with Gasteiger partial charge in [-0.2, -0.15) is 11.8 Å². The van der Waals surface area contributed by atoms with Gasteiger partial charge in [-0.25, -0.2) is 0 Å². The van der Waals surface area contributed by atoms with Crippen molar-refractivity contribution in [3.05, 3.63) is 0 Å². The molecule has 2 nitrogen and oxygen atoms in total. The summed E-state index contributed by atoms with van der Waals surface area (Å²) in [6, 6.07) is 0. The average molecular weight is 204 g/mol. The highest BCUT2D eigenvalue weighted by atomic mass is 32.2. The quantitative estimate of drug-likeness (QED) is 0.704. The second kappa shape index (κ2) is 5.23. The van der Waals surface area contributed by atoms with E-state index in [9.17, 15) is 0 Å². The number of hydrogen-bond acceptors (Lipinski definition) is 3. The van der Waals surface area contributed by atoms with E-state index in [1.165, 1.54) is 0 Å². The third kappa shape index (κ3) is 5.55. The molecule has 0 N–H and O–H groups in total. The first-order chi connectivity index (χ1) is 6.08. The minimum Gasteiger partial charge on any atom is -0.353 e. The van der Waals surface area contributed by atoms with Gasteiger partial charge in [0, 0.05) is 11.2 Å². The van der Waals surface area contributed by atoms with Crippen molar-refractivity contribution < 1.29 is 9.47 Å². The standard InChI is InChI=1S/C10H20O2S/c1-10(2,3)13-8-5-9-11-6-4-7-12-9/h9H,4-8H2,1-3H3. The van der Waals surface area contributed by atoms with Crippen molar-refractivity contribution in [3.8, 4) is 0 Å². The number of ether oxygens (including phenoxy) is 2. The highest BCUT2D eigenvalue weighted by molar-refractivity contribution is 8.00. The molecule has 0 atom stereocenters. The van der Waals surface area contributed by atoms with Gasteiger partial charge in [-0.3, -0.25) is 0 Å². The lowest BCUT2D eigenvalue weighted by Crippen LogP contribution is -2.25. The van der Waals surface area contributed by atoms with Crippen LogP contribution in [0.5, 0.6) is 0 Å². The lowest BCUT2D eigenvalue weighted by atomic mass is 10.3. The van der Waals surface area contributed by atoms with Crippen LogP contribution in [0.2, 0.25) is 0 Å². The van der Waals surface area contributed by atoms with Gasteiger partial charge in [0.25, 0.3) is 0 Å². The summed E-state index contributed by atoms with van der Waals surface area (Å²) in [5, 5.41) is 0. The molecule has 0 unspecified atom stereocenters. The van der Waals surface area contributed by atoms with Gasteiger partial charge in [0.15, 0.2) is 6.29 Å². The summed E-state index contributed by atoms with van der Waals surface area (Å²) in [5.74, 6) is 1.12. The van der Waals surface area contributed by atoms with Crippen molar-refractivity contribution in [1.29, 1.82) is 0 Å². The third-order valence-electron chi connectivity index (χ3n) is 1.78. The van der Waals surface area contributed by atoms with Gasteiger partial charge in [-0.1, -0.05) is 20.8 Å². The molecule has 0 aromatic heterocycles. The summed E-state index contributed by atoms with van der Waals surface area (Å²) < 4.78 is 11.3. The molecule has 1 heterocycles. The zero-order chi connectivity index (χ0) is 9.73. The normalized spacial score (nSPS) is 20.5. The third-order valence-corrected chi connectivity index (χ3v) is 3.09. The van der Waals surface area contributed by atoms with E-state index in [1.807, 2.05) is 11.8 Å². The monoisotopic (exact) mass is 204 g/mol.